The summed E-state index contributed by atoms with van der Waals surface area (Å²) in [6, 6.07) is 11.9. The molecule has 32 heavy (non-hydrogen) atoms. The summed E-state index contributed by atoms with van der Waals surface area (Å²) in [5.74, 6) is -1.29. The maximum Gasteiger partial charge on any atom is 0.263 e. The predicted octanol–water partition coefficient (Wildman–Crippen LogP) is 2.18. The van der Waals surface area contributed by atoms with Gasteiger partial charge in [-0.25, -0.2) is 23.4 Å². The van der Waals surface area contributed by atoms with Crippen LogP contribution in [0.4, 0.5) is 11.6 Å². The summed E-state index contributed by atoms with van der Waals surface area (Å²) in [6.07, 6.45) is 5.65. The minimum absolute atomic E-state index is 0.00390. The molecule has 0 unspecified atom stereocenters. The van der Waals surface area contributed by atoms with Crippen LogP contribution in [0.1, 0.15) is 11.1 Å². The van der Waals surface area contributed by atoms with E-state index in [1.165, 1.54) is 30.4 Å². The van der Waals surface area contributed by atoms with E-state index in [1.807, 2.05) is 13.8 Å². The van der Waals surface area contributed by atoms with Crippen LogP contribution in [0.15, 0.2) is 88.2 Å². The minimum Gasteiger partial charge on any atom is -0.884 e. The van der Waals surface area contributed by atoms with E-state index < -0.39 is 16.0 Å². The SMILES string of the molecule is Cc1ccc(S(=O)(=O)Nc2nc3ccccc3nc2N=C2C=CC(=C([O-])[O-])C=C2)cc1C. The van der Waals surface area contributed by atoms with Gasteiger partial charge in [0.25, 0.3) is 10.0 Å². The third kappa shape index (κ3) is 4.37. The van der Waals surface area contributed by atoms with Crippen LogP contribution in [0, 0.1) is 13.8 Å². The average molecular weight is 446 g/mol. The Morgan fingerprint density at radius 1 is 0.906 bits per heavy atom. The first-order chi connectivity index (χ1) is 15.2. The van der Waals surface area contributed by atoms with E-state index in [1.54, 1.807) is 36.4 Å². The van der Waals surface area contributed by atoms with Gasteiger partial charge >= 0.3 is 0 Å². The van der Waals surface area contributed by atoms with Crippen molar-refractivity contribution < 1.29 is 18.6 Å². The Balaban J connectivity index is 1.79. The Morgan fingerprint density at radius 3 is 2.19 bits per heavy atom. The molecule has 0 fully saturated rings. The fourth-order valence-corrected chi connectivity index (χ4v) is 4.09. The molecule has 0 amide bonds. The minimum atomic E-state index is -3.95. The van der Waals surface area contributed by atoms with Crippen molar-refractivity contribution in [2.75, 3.05) is 4.72 Å². The lowest BCUT2D eigenvalue weighted by Crippen LogP contribution is -2.20. The third-order valence-corrected chi connectivity index (χ3v) is 6.25. The van der Waals surface area contributed by atoms with Gasteiger partial charge < -0.3 is 10.2 Å². The molecule has 0 bridgehead atoms. The fraction of sp³-hybridized carbons (Fsp3) is 0.0870. The molecule has 8 nitrogen and oxygen atoms in total. The monoisotopic (exact) mass is 446 g/mol. The number of hydrogen-bond acceptors (Lipinski definition) is 7. The second-order valence-electron chi connectivity index (χ2n) is 7.18. The average Bonchev–Trinajstić information content (AvgIpc) is 2.76. The number of benzene rings is 2. The first-order valence-electron chi connectivity index (χ1n) is 9.63. The van der Waals surface area contributed by atoms with E-state index in [-0.39, 0.29) is 22.1 Å². The molecule has 1 aliphatic carbocycles. The van der Waals surface area contributed by atoms with Gasteiger partial charge in [0.15, 0.2) is 11.6 Å². The van der Waals surface area contributed by atoms with Gasteiger partial charge in [0, 0.05) is 0 Å². The van der Waals surface area contributed by atoms with Crippen LogP contribution in [-0.2, 0) is 10.0 Å². The molecule has 162 valence electrons. The van der Waals surface area contributed by atoms with Crippen LogP contribution in [-0.4, -0.2) is 24.1 Å². The van der Waals surface area contributed by atoms with E-state index in [9.17, 15) is 18.6 Å². The second-order valence-corrected chi connectivity index (χ2v) is 8.86. The lowest BCUT2D eigenvalue weighted by atomic mass is 10.1. The van der Waals surface area contributed by atoms with E-state index >= 15 is 0 Å². The number of aryl methyl sites for hydroxylation is 2. The summed E-state index contributed by atoms with van der Waals surface area (Å²) in [4.78, 5) is 13.4. The second kappa shape index (κ2) is 8.27. The Bertz CT molecular complexity index is 1430. The van der Waals surface area contributed by atoms with E-state index in [0.29, 0.717) is 16.7 Å². The van der Waals surface area contributed by atoms with Crippen molar-refractivity contribution in [3.8, 4) is 0 Å². The van der Waals surface area contributed by atoms with Crippen molar-refractivity contribution >= 4 is 38.4 Å². The maximum atomic E-state index is 13.0. The number of aromatic nitrogens is 2. The number of anilines is 1. The number of nitrogens with one attached hydrogen (secondary N) is 1. The van der Waals surface area contributed by atoms with Gasteiger partial charge in [-0.15, -0.1) is 0 Å². The van der Waals surface area contributed by atoms with Crippen molar-refractivity contribution in [2.45, 2.75) is 18.7 Å². The highest BCUT2D eigenvalue weighted by atomic mass is 32.2. The van der Waals surface area contributed by atoms with Crippen LogP contribution in [0.3, 0.4) is 0 Å². The Labute approximate surface area is 185 Å². The molecule has 0 radical (unpaired) electrons. The number of rotatable bonds is 4. The first-order valence-corrected chi connectivity index (χ1v) is 11.1. The van der Waals surface area contributed by atoms with Crippen LogP contribution < -0.4 is 14.9 Å². The van der Waals surface area contributed by atoms with E-state index in [0.717, 1.165) is 11.1 Å². The van der Waals surface area contributed by atoms with Crippen molar-refractivity contribution in [3.63, 3.8) is 0 Å². The number of allylic oxidation sites excluding steroid dienone is 5. The quantitative estimate of drug-likeness (QED) is 0.611. The molecule has 4 rings (SSSR count). The van der Waals surface area contributed by atoms with Crippen molar-refractivity contribution in [1.29, 1.82) is 0 Å². The molecule has 0 saturated carbocycles. The predicted molar refractivity (Wildman–Crippen MR) is 119 cm³/mol. The molecule has 1 heterocycles. The maximum absolute atomic E-state index is 13.0. The Morgan fingerprint density at radius 2 is 1.56 bits per heavy atom. The van der Waals surface area contributed by atoms with Crippen molar-refractivity contribution in [3.05, 3.63) is 89.4 Å². The molecule has 1 N–H and O–H groups in total. The molecule has 2 aromatic carbocycles. The smallest absolute Gasteiger partial charge is 0.263 e. The number of aliphatic imine (C=N–C) groups is 1. The zero-order chi connectivity index (χ0) is 22.9. The highest BCUT2D eigenvalue weighted by Crippen LogP contribution is 2.27. The molecule has 0 atom stereocenters. The summed E-state index contributed by atoms with van der Waals surface area (Å²) >= 11 is 0. The molecule has 3 aromatic rings. The van der Waals surface area contributed by atoms with Crippen LogP contribution in [0.2, 0.25) is 0 Å². The zero-order valence-corrected chi connectivity index (χ0v) is 18.1. The van der Waals surface area contributed by atoms with E-state index in [4.69, 9.17) is 0 Å². The Kier molecular flexibility index (Phi) is 5.50. The topological polar surface area (TPSA) is 130 Å². The van der Waals surface area contributed by atoms with Gasteiger partial charge in [-0.1, -0.05) is 30.4 Å². The van der Waals surface area contributed by atoms with Crippen LogP contribution in [0.5, 0.6) is 0 Å². The fourth-order valence-electron chi connectivity index (χ4n) is 3.00. The van der Waals surface area contributed by atoms with Crippen LogP contribution in [0.25, 0.3) is 11.0 Å². The normalized spacial score (nSPS) is 13.4. The first kappa shape index (κ1) is 21.3. The van der Waals surface area contributed by atoms with Gasteiger partial charge in [0.1, 0.15) is 0 Å². The highest BCUT2D eigenvalue weighted by Gasteiger charge is 2.19. The van der Waals surface area contributed by atoms with Crippen molar-refractivity contribution in [1.82, 2.24) is 9.97 Å². The van der Waals surface area contributed by atoms with Gasteiger partial charge in [-0.3, -0.25) is 4.72 Å². The van der Waals surface area contributed by atoms with Crippen molar-refractivity contribution in [2.24, 2.45) is 4.99 Å². The lowest BCUT2D eigenvalue weighted by Gasteiger charge is -2.21. The highest BCUT2D eigenvalue weighted by molar-refractivity contribution is 7.92. The third-order valence-electron chi connectivity index (χ3n) is 4.91. The summed E-state index contributed by atoms with van der Waals surface area (Å²) in [7, 11) is -3.95. The van der Waals surface area contributed by atoms with Gasteiger partial charge in [0.05, 0.1) is 21.6 Å². The lowest BCUT2D eigenvalue weighted by molar-refractivity contribution is -0.514. The largest absolute Gasteiger partial charge is 0.884 e. The summed E-state index contributed by atoms with van der Waals surface area (Å²) in [5.41, 5.74) is 3.24. The number of para-hydroxylation sites is 2. The molecule has 0 saturated heterocycles. The molecule has 1 aliphatic rings. The van der Waals surface area contributed by atoms with E-state index in [2.05, 4.69) is 19.7 Å². The summed E-state index contributed by atoms with van der Waals surface area (Å²) < 4.78 is 28.6. The zero-order valence-electron chi connectivity index (χ0n) is 17.2. The number of fused-ring (bicyclic) bond motifs is 1. The van der Waals surface area contributed by atoms with Crippen LogP contribution >= 0.6 is 0 Å². The molecule has 0 spiro atoms. The van der Waals surface area contributed by atoms with Gasteiger partial charge in [0.2, 0.25) is 0 Å². The standard InChI is InChI=1S/C23H20N4O4S/c1-14-7-12-18(13-15(14)2)32(30,31)27-22-21(25-19-5-3-4-6-20(19)26-22)24-17-10-8-16(9-11-17)23(28)29/h3-13,28-29H,1-2H3,(H,26,27)/p-2. The van der Waals surface area contributed by atoms with Gasteiger partial charge in [-0.05, 0) is 67.0 Å². The molecular weight excluding hydrogens is 428 g/mol. The number of sulfonamides is 1. The molecule has 0 aliphatic heterocycles. The molecular formula is C23H18N4O4S-2. The number of hydrogen-bond donors (Lipinski definition) is 1. The number of nitrogens with zero attached hydrogens (tertiary/aromatic N) is 3. The Hall–Kier alpha value is -3.98. The summed E-state index contributed by atoms with van der Waals surface area (Å²) in [5, 5.41) is 21.9. The molecule has 1 aromatic heterocycles. The van der Waals surface area contributed by atoms with Gasteiger partial charge in [-0.2, -0.15) is 5.95 Å². The molecule has 9 heteroatoms. The summed E-state index contributed by atoms with van der Waals surface area (Å²) in [6.45, 7) is 3.73.